The zero-order valence-electron chi connectivity index (χ0n) is 50.1. The van der Waals surface area contributed by atoms with Crippen LogP contribution in [0.1, 0.15) is 335 Å². The van der Waals surface area contributed by atoms with Crippen LogP contribution in [0, 0.1) is 0 Å². The van der Waals surface area contributed by atoms with Crippen molar-refractivity contribution in [3.63, 3.8) is 0 Å². The summed E-state index contributed by atoms with van der Waals surface area (Å²) in [5.41, 5.74) is 0. The molecule has 0 aromatic heterocycles. The summed E-state index contributed by atoms with van der Waals surface area (Å²) in [6.07, 6.45) is 67.7. The van der Waals surface area contributed by atoms with E-state index in [2.05, 4.69) is 26.0 Å². The first-order valence-corrected chi connectivity index (χ1v) is 33.9. The van der Waals surface area contributed by atoms with Crippen molar-refractivity contribution in [2.24, 2.45) is 0 Å². The number of rotatable bonds is 61. The Morgan fingerprint density at radius 3 is 1.05 bits per heavy atom. The summed E-state index contributed by atoms with van der Waals surface area (Å²) in [4.78, 5) is 37.7. The molecule has 0 spiro atoms. The first-order valence-electron chi connectivity index (χ1n) is 32.4. The van der Waals surface area contributed by atoms with E-state index in [1.807, 2.05) is 21.1 Å². The van der Waals surface area contributed by atoms with E-state index in [4.69, 9.17) is 18.5 Å². The Balaban J connectivity index is 3.73. The van der Waals surface area contributed by atoms with Gasteiger partial charge in [-0.2, -0.15) is 0 Å². The largest absolute Gasteiger partial charge is 0.756 e. The molecule has 10 heteroatoms. The van der Waals surface area contributed by atoms with Gasteiger partial charge in [-0.15, -0.1) is 0 Å². The van der Waals surface area contributed by atoms with Gasteiger partial charge in [-0.05, 0) is 32.1 Å². The van der Waals surface area contributed by atoms with Crippen molar-refractivity contribution in [1.82, 2.24) is 0 Å². The van der Waals surface area contributed by atoms with E-state index < -0.39 is 26.5 Å². The topological polar surface area (TPSA) is 111 Å². The normalized spacial score (nSPS) is 13.2. The molecule has 0 bridgehead atoms. The predicted octanol–water partition coefficient (Wildman–Crippen LogP) is 19.8. The molecule has 0 aliphatic rings. The smallest absolute Gasteiger partial charge is 0.306 e. The van der Waals surface area contributed by atoms with Crippen LogP contribution in [0.2, 0.25) is 0 Å². The molecule has 0 radical (unpaired) electrons. The monoisotopic (exact) mass is 1070 g/mol. The maximum Gasteiger partial charge on any atom is 0.306 e. The lowest BCUT2D eigenvalue weighted by atomic mass is 10.0. The average Bonchev–Trinajstić information content (AvgIpc) is 3.36. The van der Waals surface area contributed by atoms with E-state index in [-0.39, 0.29) is 32.0 Å². The molecule has 440 valence electrons. The Hall–Kier alpha value is -1.25. The lowest BCUT2D eigenvalue weighted by molar-refractivity contribution is -0.870. The van der Waals surface area contributed by atoms with Gasteiger partial charge in [0.1, 0.15) is 19.8 Å². The number of unbranched alkanes of at least 4 members (excludes halogenated alkanes) is 45. The number of likely N-dealkylation sites (N-methyl/N-ethyl adjacent to an activating group) is 1. The van der Waals surface area contributed by atoms with Gasteiger partial charge in [-0.1, -0.05) is 302 Å². The predicted molar refractivity (Wildman–Crippen MR) is 315 cm³/mol. The third-order valence-corrected chi connectivity index (χ3v) is 15.7. The SMILES string of the molecule is CCC/C=C\CCCCCCCC(=O)OC(COC(=O)CCCCCCCCCCCCCCCCCCCCCCCCCCCCCCCCCCCCCCCCCC)COP(=O)([O-])OCC[N+](C)(C)C. The Morgan fingerprint density at radius 1 is 0.405 bits per heavy atom. The van der Waals surface area contributed by atoms with Crippen molar-refractivity contribution in [1.29, 1.82) is 0 Å². The average molecular weight is 1070 g/mol. The number of quaternary nitrogens is 1. The Bertz CT molecular complexity index is 1260. The molecule has 0 aromatic rings. The lowest BCUT2D eigenvalue weighted by Gasteiger charge is -2.28. The van der Waals surface area contributed by atoms with Crippen LogP contribution in [0.25, 0.3) is 0 Å². The van der Waals surface area contributed by atoms with Gasteiger partial charge in [0, 0.05) is 12.8 Å². The van der Waals surface area contributed by atoms with E-state index in [1.54, 1.807) is 0 Å². The van der Waals surface area contributed by atoms with Crippen LogP contribution in [0.5, 0.6) is 0 Å². The summed E-state index contributed by atoms with van der Waals surface area (Å²) in [6.45, 7) is 4.21. The maximum atomic E-state index is 12.7. The van der Waals surface area contributed by atoms with E-state index in [0.29, 0.717) is 17.4 Å². The minimum Gasteiger partial charge on any atom is -0.756 e. The second kappa shape index (κ2) is 56.5. The summed E-state index contributed by atoms with van der Waals surface area (Å²) in [5.74, 6) is -0.831. The van der Waals surface area contributed by atoms with Crippen LogP contribution in [0.15, 0.2) is 12.2 Å². The number of hydrogen-bond donors (Lipinski definition) is 0. The Labute approximate surface area is 460 Å². The van der Waals surface area contributed by atoms with Gasteiger partial charge in [0.2, 0.25) is 0 Å². The summed E-state index contributed by atoms with van der Waals surface area (Å²) in [6, 6.07) is 0. The third kappa shape index (κ3) is 60.0. The van der Waals surface area contributed by atoms with Gasteiger partial charge >= 0.3 is 11.9 Å². The molecule has 0 rings (SSSR count). The number of esters is 2. The lowest BCUT2D eigenvalue weighted by Crippen LogP contribution is -2.37. The molecule has 0 amide bonds. The summed E-state index contributed by atoms with van der Waals surface area (Å²) in [7, 11) is 1.18. The summed E-state index contributed by atoms with van der Waals surface area (Å²) >= 11 is 0. The fourth-order valence-corrected chi connectivity index (χ4v) is 10.5. The van der Waals surface area contributed by atoms with Gasteiger partial charge in [-0.25, -0.2) is 0 Å². The van der Waals surface area contributed by atoms with Crippen LogP contribution in [0.3, 0.4) is 0 Å². The van der Waals surface area contributed by atoms with Gasteiger partial charge in [-0.3, -0.25) is 14.2 Å². The molecule has 0 aliphatic carbocycles. The van der Waals surface area contributed by atoms with Crippen LogP contribution >= 0.6 is 7.82 Å². The molecule has 0 aromatic carbocycles. The molecule has 0 saturated heterocycles. The van der Waals surface area contributed by atoms with Crippen LogP contribution in [-0.2, 0) is 32.7 Å². The minimum absolute atomic E-state index is 0.0292. The number of ether oxygens (including phenoxy) is 2. The van der Waals surface area contributed by atoms with Crippen molar-refractivity contribution in [3.05, 3.63) is 12.2 Å². The maximum absolute atomic E-state index is 12.7. The second-order valence-electron chi connectivity index (χ2n) is 23.5. The number of nitrogens with zero attached hydrogens (tertiary/aromatic N) is 1. The quantitative estimate of drug-likeness (QED) is 0.0195. The van der Waals surface area contributed by atoms with E-state index in [1.165, 1.54) is 244 Å². The molecule has 0 N–H and O–H groups in total. The van der Waals surface area contributed by atoms with E-state index in [9.17, 15) is 19.0 Å². The van der Waals surface area contributed by atoms with Crippen molar-refractivity contribution in [2.75, 3.05) is 47.5 Å². The van der Waals surface area contributed by atoms with Crippen LogP contribution < -0.4 is 4.89 Å². The van der Waals surface area contributed by atoms with Crippen molar-refractivity contribution in [3.8, 4) is 0 Å². The number of hydrogen-bond acceptors (Lipinski definition) is 8. The molecule has 2 atom stereocenters. The molecule has 0 saturated carbocycles. The molecule has 0 heterocycles. The second-order valence-corrected chi connectivity index (χ2v) is 24.9. The van der Waals surface area contributed by atoms with Crippen molar-refractivity contribution >= 4 is 19.8 Å². The fraction of sp³-hybridized carbons (Fsp3) is 0.938. The summed E-state index contributed by atoms with van der Waals surface area (Å²) < 4.78 is 34.0. The molecule has 9 nitrogen and oxygen atoms in total. The zero-order valence-corrected chi connectivity index (χ0v) is 51.0. The number of carbonyl (C=O) groups is 2. The summed E-state index contributed by atoms with van der Waals surface area (Å²) in [5, 5.41) is 0. The number of carbonyl (C=O) groups excluding carboxylic acids is 2. The highest BCUT2D eigenvalue weighted by Crippen LogP contribution is 2.38. The molecule has 74 heavy (non-hydrogen) atoms. The fourth-order valence-electron chi connectivity index (χ4n) is 9.78. The highest BCUT2D eigenvalue weighted by atomic mass is 31.2. The molecular formula is C64H126NO8P. The Kier molecular flexibility index (Phi) is 55.5. The first-order chi connectivity index (χ1) is 36.0. The van der Waals surface area contributed by atoms with E-state index >= 15 is 0 Å². The van der Waals surface area contributed by atoms with Crippen molar-refractivity contribution < 1.29 is 42.1 Å². The van der Waals surface area contributed by atoms with Gasteiger partial charge in [0.05, 0.1) is 27.7 Å². The standard InChI is InChI=1S/C64H126NO8P/c1-6-8-10-12-14-16-18-19-20-21-22-23-24-25-26-27-28-29-30-31-32-33-34-35-36-37-38-39-40-41-42-43-44-45-46-47-49-50-52-54-56-63(66)70-60-62(61-72-74(68,69)71-59-58-65(3,4)5)73-64(67)57-55-53-51-48-17-15-13-11-9-7-2/h11,13,62H,6-10,12,14-61H2,1-5H3/b13-11-. The number of allylic oxidation sites excluding steroid dienone is 2. The van der Waals surface area contributed by atoms with Gasteiger partial charge < -0.3 is 27.9 Å². The molecular weight excluding hydrogens is 942 g/mol. The molecule has 0 fully saturated rings. The first kappa shape index (κ1) is 72.8. The number of phosphoric ester groups is 1. The van der Waals surface area contributed by atoms with Gasteiger partial charge in [0.15, 0.2) is 6.10 Å². The van der Waals surface area contributed by atoms with Gasteiger partial charge in [0.25, 0.3) is 7.82 Å². The molecule has 0 aliphatic heterocycles. The zero-order chi connectivity index (χ0) is 54.2. The highest BCUT2D eigenvalue weighted by molar-refractivity contribution is 7.45. The van der Waals surface area contributed by atoms with Crippen LogP contribution in [0.4, 0.5) is 0 Å². The van der Waals surface area contributed by atoms with Crippen molar-refractivity contribution in [2.45, 2.75) is 341 Å². The Morgan fingerprint density at radius 2 is 0.716 bits per heavy atom. The van der Waals surface area contributed by atoms with Crippen LogP contribution in [-0.4, -0.2) is 70.0 Å². The minimum atomic E-state index is -4.63. The van der Waals surface area contributed by atoms with E-state index in [0.717, 1.165) is 57.8 Å². The highest BCUT2D eigenvalue weighted by Gasteiger charge is 2.22. The molecule has 2 unspecified atom stereocenters. The third-order valence-electron chi connectivity index (χ3n) is 14.8. The number of phosphoric acid groups is 1.